The molecule has 0 amide bonds. The van der Waals surface area contributed by atoms with E-state index >= 15 is 0 Å². The van der Waals surface area contributed by atoms with Crippen LogP contribution in [0.25, 0.3) is 11.3 Å². The molecule has 31 heavy (non-hydrogen) atoms. The molecule has 0 spiro atoms. The Labute approximate surface area is 181 Å². The monoisotopic (exact) mass is 436 g/mol. The number of likely N-dealkylation sites (tertiary alicyclic amines) is 1. The first kappa shape index (κ1) is 22.3. The Bertz CT molecular complexity index is 884. The summed E-state index contributed by atoms with van der Waals surface area (Å²) in [6.45, 7) is 7.30. The lowest BCUT2D eigenvalue weighted by atomic mass is 9.82. The van der Waals surface area contributed by atoms with E-state index in [1.807, 2.05) is 6.07 Å². The summed E-state index contributed by atoms with van der Waals surface area (Å²) >= 11 is 0. The number of alkyl halides is 3. The van der Waals surface area contributed by atoms with Crippen molar-refractivity contribution < 1.29 is 18.3 Å². The SMILES string of the molecule is CC1(C)CCN(CC(O)Cn2nc(-c3ccccc3)c3c2CCNC3C(F)(F)F)CC1. The van der Waals surface area contributed by atoms with Crippen molar-refractivity contribution in [2.24, 2.45) is 5.41 Å². The molecule has 2 unspecified atom stereocenters. The molecule has 4 rings (SSSR count). The van der Waals surface area contributed by atoms with Gasteiger partial charge in [0, 0.05) is 36.3 Å². The zero-order valence-corrected chi connectivity index (χ0v) is 18.1. The van der Waals surface area contributed by atoms with Gasteiger partial charge < -0.3 is 15.3 Å². The average molecular weight is 437 g/mol. The molecule has 2 aromatic rings. The van der Waals surface area contributed by atoms with Gasteiger partial charge in [-0.25, -0.2) is 0 Å². The van der Waals surface area contributed by atoms with Crippen molar-refractivity contribution in [2.45, 2.75) is 58.0 Å². The molecule has 0 bridgehead atoms. The molecule has 1 saturated heterocycles. The molecule has 1 fully saturated rings. The van der Waals surface area contributed by atoms with Crippen LogP contribution in [0.3, 0.4) is 0 Å². The summed E-state index contributed by atoms with van der Waals surface area (Å²) in [4.78, 5) is 2.24. The molecule has 1 aromatic carbocycles. The molecule has 3 heterocycles. The number of nitrogens with zero attached hydrogens (tertiary/aromatic N) is 3. The third-order valence-corrected chi connectivity index (χ3v) is 6.53. The predicted octanol–water partition coefficient (Wildman–Crippen LogP) is 3.78. The minimum absolute atomic E-state index is 0.192. The highest BCUT2D eigenvalue weighted by molar-refractivity contribution is 5.65. The van der Waals surface area contributed by atoms with Crippen LogP contribution in [-0.4, -0.2) is 58.2 Å². The fraction of sp³-hybridized carbons (Fsp3) is 0.609. The minimum Gasteiger partial charge on any atom is -0.390 e. The Hall–Kier alpha value is -1.90. The number of aliphatic hydroxyl groups excluding tert-OH is 1. The van der Waals surface area contributed by atoms with Crippen LogP contribution in [0.4, 0.5) is 13.2 Å². The number of fused-ring (bicyclic) bond motifs is 1. The lowest BCUT2D eigenvalue weighted by molar-refractivity contribution is -0.158. The van der Waals surface area contributed by atoms with E-state index in [0.29, 0.717) is 35.3 Å². The van der Waals surface area contributed by atoms with Crippen LogP contribution in [0.15, 0.2) is 30.3 Å². The number of β-amino-alcohol motifs (C(OH)–C–C–N with tert-alkyl or cyclic N) is 1. The molecule has 2 N–H and O–H groups in total. The van der Waals surface area contributed by atoms with E-state index < -0.39 is 18.3 Å². The summed E-state index contributed by atoms with van der Waals surface area (Å²) < 4.78 is 43.0. The number of aliphatic hydroxyl groups is 1. The van der Waals surface area contributed by atoms with Crippen LogP contribution in [0, 0.1) is 5.41 Å². The maximum atomic E-state index is 13.8. The van der Waals surface area contributed by atoms with Gasteiger partial charge in [-0.3, -0.25) is 4.68 Å². The number of hydrogen-bond acceptors (Lipinski definition) is 4. The van der Waals surface area contributed by atoms with E-state index in [-0.39, 0.29) is 18.7 Å². The van der Waals surface area contributed by atoms with Crippen molar-refractivity contribution in [2.75, 3.05) is 26.2 Å². The third-order valence-electron chi connectivity index (χ3n) is 6.53. The number of halogens is 3. The van der Waals surface area contributed by atoms with Gasteiger partial charge in [-0.2, -0.15) is 18.3 Å². The quantitative estimate of drug-likeness (QED) is 0.749. The van der Waals surface area contributed by atoms with Crippen LogP contribution >= 0.6 is 0 Å². The standard InChI is InChI=1S/C23H31F3N4O/c1-22(2)9-12-29(13-10-22)14-17(31)15-30-18-8-11-27-21(23(24,25)26)19(18)20(28-30)16-6-4-3-5-7-16/h3-7,17,21,27,31H,8-15H2,1-2H3. The number of hydrogen-bond donors (Lipinski definition) is 2. The molecule has 0 aliphatic carbocycles. The first-order valence-corrected chi connectivity index (χ1v) is 11.0. The Balaban J connectivity index is 1.59. The lowest BCUT2D eigenvalue weighted by Crippen LogP contribution is -2.43. The van der Waals surface area contributed by atoms with E-state index in [2.05, 4.69) is 29.2 Å². The fourth-order valence-corrected chi connectivity index (χ4v) is 4.65. The maximum absolute atomic E-state index is 13.8. The van der Waals surface area contributed by atoms with E-state index in [9.17, 15) is 18.3 Å². The van der Waals surface area contributed by atoms with Gasteiger partial charge >= 0.3 is 6.18 Å². The Morgan fingerprint density at radius 1 is 1.16 bits per heavy atom. The fourth-order valence-electron chi connectivity index (χ4n) is 4.65. The second-order valence-corrected chi connectivity index (χ2v) is 9.55. The first-order valence-electron chi connectivity index (χ1n) is 11.0. The largest absolute Gasteiger partial charge is 0.408 e. The van der Waals surface area contributed by atoms with Gasteiger partial charge in [0.25, 0.3) is 0 Å². The summed E-state index contributed by atoms with van der Waals surface area (Å²) in [6.07, 6.45) is -2.49. The molecule has 2 aliphatic heterocycles. The Kier molecular flexibility index (Phi) is 6.16. The molecule has 1 aromatic heterocycles. The molecule has 2 aliphatic rings. The van der Waals surface area contributed by atoms with Crippen molar-refractivity contribution in [3.05, 3.63) is 41.6 Å². The molecular formula is C23H31F3N4O. The zero-order chi connectivity index (χ0) is 22.2. The minimum atomic E-state index is -4.41. The summed E-state index contributed by atoms with van der Waals surface area (Å²) in [5.74, 6) is 0. The Morgan fingerprint density at radius 3 is 2.48 bits per heavy atom. The maximum Gasteiger partial charge on any atom is 0.408 e. The van der Waals surface area contributed by atoms with Crippen LogP contribution in [0.2, 0.25) is 0 Å². The van der Waals surface area contributed by atoms with Gasteiger partial charge in [-0.1, -0.05) is 44.2 Å². The zero-order valence-electron chi connectivity index (χ0n) is 18.1. The van der Waals surface area contributed by atoms with Crippen molar-refractivity contribution in [1.29, 1.82) is 0 Å². The summed E-state index contributed by atoms with van der Waals surface area (Å²) in [7, 11) is 0. The predicted molar refractivity (Wildman–Crippen MR) is 114 cm³/mol. The van der Waals surface area contributed by atoms with Crippen LogP contribution in [0.1, 0.15) is 44.0 Å². The first-order chi connectivity index (χ1) is 14.6. The number of piperidine rings is 1. The summed E-state index contributed by atoms with van der Waals surface area (Å²) in [5.41, 5.74) is 2.09. The summed E-state index contributed by atoms with van der Waals surface area (Å²) in [6, 6.07) is 7.23. The second kappa shape index (κ2) is 8.56. The number of benzene rings is 1. The van der Waals surface area contributed by atoms with E-state index in [4.69, 9.17) is 0 Å². The highest BCUT2D eigenvalue weighted by Gasteiger charge is 2.46. The number of aromatic nitrogens is 2. The molecule has 0 saturated carbocycles. The smallest absolute Gasteiger partial charge is 0.390 e. The second-order valence-electron chi connectivity index (χ2n) is 9.55. The van der Waals surface area contributed by atoms with E-state index in [1.165, 1.54) is 0 Å². The lowest BCUT2D eigenvalue weighted by Gasteiger charge is -2.37. The normalized spacial score (nSPS) is 22.8. The van der Waals surface area contributed by atoms with Gasteiger partial charge in [0.15, 0.2) is 0 Å². The molecule has 0 radical (unpaired) electrons. The summed E-state index contributed by atoms with van der Waals surface area (Å²) in [5, 5.41) is 17.9. The average Bonchev–Trinajstić information content (AvgIpc) is 3.08. The highest BCUT2D eigenvalue weighted by Crippen LogP contribution is 2.41. The number of nitrogens with one attached hydrogen (secondary N) is 1. The van der Waals surface area contributed by atoms with Crippen molar-refractivity contribution in [1.82, 2.24) is 20.0 Å². The van der Waals surface area contributed by atoms with Crippen molar-refractivity contribution in [3.63, 3.8) is 0 Å². The molecule has 2 atom stereocenters. The van der Waals surface area contributed by atoms with Crippen molar-refractivity contribution in [3.8, 4) is 11.3 Å². The van der Waals surface area contributed by atoms with Crippen LogP contribution < -0.4 is 5.32 Å². The molecule has 8 heteroatoms. The van der Waals surface area contributed by atoms with Gasteiger partial charge in [0.2, 0.25) is 0 Å². The topological polar surface area (TPSA) is 53.3 Å². The third kappa shape index (κ3) is 4.96. The highest BCUT2D eigenvalue weighted by atomic mass is 19.4. The van der Waals surface area contributed by atoms with Crippen LogP contribution in [0.5, 0.6) is 0 Å². The van der Waals surface area contributed by atoms with Gasteiger partial charge in [-0.05, 0) is 31.3 Å². The van der Waals surface area contributed by atoms with Gasteiger partial charge in [-0.15, -0.1) is 0 Å². The van der Waals surface area contributed by atoms with E-state index in [1.54, 1.807) is 28.9 Å². The molecule has 170 valence electrons. The van der Waals surface area contributed by atoms with Crippen molar-refractivity contribution >= 4 is 0 Å². The van der Waals surface area contributed by atoms with Gasteiger partial charge in [0.1, 0.15) is 6.04 Å². The number of rotatable bonds is 5. The van der Waals surface area contributed by atoms with E-state index in [0.717, 1.165) is 25.9 Å². The van der Waals surface area contributed by atoms with Gasteiger partial charge in [0.05, 0.1) is 18.3 Å². The van der Waals surface area contributed by atoms with Crippen LogP contribution in [-0.2, 0) is 13.0 Å². The molecular weight excluding hydrogens is 405 g/mol. The Morgan fingerprint density at radius 2 is 1.84 bits per heavy atom. The molecule has 5 nitrogen and oxygen atoms in total.